The van der Waals surface area contributed by atoms with Gasteiger partial charge >= 0.3 is 17.9 Å². The van der Waals surface area contributed by atoms with Gasteiger partial charge in [-0.15, -0.1) is 0 Å². The predicted octanol–water partition coefficient (Wildman–Crippen LogP) is -1.27. The van der Waals surface area contributed by atoms with Crippen molar-refractivity contribution in [1.29, 1.82) is 0 Å². The normalized spacial score (nSPS) is 30.1. The molecule has 2 aliphatic rings. The Labute approximate surface area is 137 Å². The highest BCUT2D eigenvalue weighted by Crippen LogP contribution is 2.46. The summed E-state index contributed by atoms with van der Waals surface area (Å²) in [5.41, 5.74) is 0. The van der Waals surface area contributed by atoms with Gasteiger partial charge in [0.15, 0.2) is 15.9 Å². The molecule has 0 aromatic rings. The third-order valence-electron chi connectivity index (χ3n) is 4.06. The van der Waals surface area contributed by atoms with Gasteiger partial charge in [-0.2, -0.15) is 0 Å². The molecule has 0 saturated carbocycles. The maximum atomic E-state index is 12.7. The zero-order valence-electron chi connectivity index (χ0n) is 13.3. The molecule has 0 radical (unpaired) electrons. The lowest BCUT2D eigenvalue weighted by Crippen LogP contribution is -2.58. The van der Waals surface area contributed by atoms with Gasteiger partial charge in [0.25, 0.3) is 0 Å². The van der Waals surface area contributed by atoms with E-state index < -0.39 is 63.2 Å². The number of sulfone groups is 1. The zero-order valence-corrected chi connectivity index (χ0v) is 14.1. The van der Waals surface area contributed by atoms with Gasteiger partial charge in [0.2, 0.25) is 12.7 Å². The van der Waals surface area contributed by atoms with Crippen molar-refractivity contribution in [2.45, 2.75) is 43.4 Å². The van der Waals surface area contributed by atoms with Gasteiger partial charge in [-0.1, -0.05) is 0 Å². The van der Waals surface area contributed by atoms with E-state index in [0.29, 0.717) is 0 Å². The van der Waals surface area contributed by atoms with Gasteiger partial charge in [0, 0.05) is 13.8 Å². The van der Waals surface area contributed by atoms with Crippen molar-refractivity contribution >= 4 is 33.7 Å². The Morgan fingerprint density at radius 3 is 2.25 bits per heavy atom. The van der Waals surface area contributed by atoms with Gasteiger partial charge < -0.3 is 19.1 Å². The number of fused-ring (bicyclic) bond motifs is 1. The van der Waals surface area contributed by atoms with Crippen molar-refractivity contribution in [3.05, 3.63) is 0 Å². The Bertz CT molecular complexity index is 700. The number of amides is 1. The molecule has 10 nitrogen and oxygen atoms in total. The van der Waals surface area contributed by atoms with Crippen molar-refractivity contribution in [2.24, 2.45) is 0 Å². The largest absolute Gasteiger partial charge is 0.464 e. The van der Waals surface area contributed by atoms with Gasteiger partial charge in [-0.05, 0) is 6.92 Å². The Morgan fingerprint density at radius 2 is 1.75 bits per heavy atom. The first-order chi connectivity index (χ1) is 11.0. The molecule has 0 aromatic heterocycles. The molecule has 0 bridgehead atoms. The van der Waals surface area contributed by atoms with Gasteiger partial charge in [-0.3, -0.25) is 14.4 Å². The number of hydrogen-bond donors (Lipinski definition) is 0. The van der Waals surface area contributed by atoms with E-state index in [1.54, 1.807) is 0 Å². The fraction of sp³-hybridized carbons (Fsp3) is 0.692. The molecule has 2 aliphatic heterocycles. The van der Waals surface area contributed by atoms with Gasteiger partial charge in [0.05, 0.1) is 6.42 Å². The molecule has 11 heteroatoms. The van der Waals surface area contributed by atoms with Crippen LogP contribution in [0.5, 0.6) is 0 Å². The van der Waals surface area contributed by atoms with Crippen LogP contribution < -0.4 is 0 Å². The summed E-state index contributed by atoms with van der Waals surface area (Å²) in [4.78, 5) is 46.7. The lowest BCUT2D eigenvalue weighted by molar-refractivity contribution is -0.175. The molecule has 2 saturated heterocycles. The van der Waals surface area contributed by atoms with E-state index >= 15 is 0 Å². The van der Waals surface area contributed by atoms with Crippen LogP contribution in [0, 0.1) is 0 Å². The van der Waals surface area contributed by atoms with Crippen molar-refractivity contribution in [3.8, 4) is 0 Å². The van der Waals surface area contributed by atoms with Crippen LogP contribution in [0.25, 0.3) is 0 Å². The molecule has 0 N–H and O–H groups in total. The molecule has 0 spiro atoms. The maximum Gasteiger partial charge on any atom is 0.333 e. The Kier molecular flexibility index (Phi) is 4.57. The summed E-state index contributed by atoms with van der Waals surface area (Å²) in [5.74, 6) is -2.99. The molecule has 2 heterocycles. The van der Waals surface area contributed by atoms with E-state index in [2.05, 4.69) is 4.74 Å². The summed E-state index contributed by atoms with van der Waals surface area (Å²) in [6.07, 6.45) is -0.244. The summed E-state index contributed by atoms with van der Waals surface area (Å²) >= 11 is 0. The molecule has 0 unspecified atom stereocenters. The molecular formula is C13H17NO9S. The number of esters is 3. The van der Waals surface area contributed by atoms with Crippen molar-refractivity contribution < 1.29 is 41.8 Å². The smallest absolute Gasteiger partial charge is 0.333 e. The molecule has 2 fully saturated rings. The van der Waals surface area contributed by atoms with E-state index in [1.165, 1.54) is 6.92 Å². The number of hydrogen-bond acceptors (Lipinski definition) is 9. The fourth-order valence-corrected chi connectivity index (χ4v) is 5.02. The molecule has 3 atom stereocenters. The van der Waals surface area contributed by atoms with Crippen molar-refractivity contribution in [1.82, 2.24) is 4.90 Å². The average molecular weight is 363 g/mol. The first-order valence-corrected chi connectivity index (χ1v) is 8.55. The average Bonchev–Trinajstić information content (AvgIpc) is 2.59. The molecule has 24 heavy (non-hydrogen) atoms. The number of β-lactam (4-membered cyclic amide) rings is 1. The first-order valence-electron chi connectivity index (χ1n) is 7.00. The van der Waals surface area contributed by atoms with Crippen LogP contribution >= 0.6 is 0 Å². The van der Waals surface area contributed by atoms with Crippen LogP contribution in [0.2, 0.25) is 0 Å². The predicted molar refractivity (Wildman–Crippen MR) is 75.7 cm³/mol. The second kappa shape index (κ2) is 6.04. The third-order valence-corrected chi connectivity index (χ3v) is 6.81. The van der Waals surface area contributed by atoms with Crippen LogP contribution in [0.3, 0.4) is 0 Å². The molecular weight excluding hydrogens is 346 g/mol. The van der Waals surface area contributed by atoms with E-state index in [1.807, 2.05) is 0 Å². The summed E-state index contributed by atoms with van der Waals surface area (Å²) in [5, 5.41) is -1.16. The zero-order chi connectivity index (χ0) is 18.3. The molecule has 134 valence electrons. The minimum absolute atomic E-state index is 0.244. The quantitative estimate of drug-likeness (QED) is 0.333. The van der Waals surface area contributed by atoms with E-state index in [-0.39, 0.29) is 6.42 Å². The standard InChI is InChI=1S/C13H17NO9S/c1-7(15)21-5-13(3)11(12(18)23-6-22-8(2)16)14-9(17)4-10(14)24(13,19)20/h10-11H,4-6H2,1-3H3/t10-,11+,13+/m1/s1. The third kappa shape index (κ3) is 2.72. The van der Waals surface area contributed by atoms with Gasteiger partial charge in [0.1, 0.15) is 16.7 Å². The number of ether oxygens (including phenoxy) is 3. The lowest BCUT2D eigenvalue weighted by Gasteiger charge is -2.36. The van der Waals surface area contributed by atoms with Crippen LogP contribution in [0.1, 0.15) is 27.2 Å². The highest BCUT2D eigenvalue weighted by molar-refractivity contribution is 7.94. The SMILES string of the molecule is CC(=O)OCOC(=O)[C@@H]1N2C(=O)C[C@H]2S(=O)(=O)[C@@]1(C)COC(C)=O. The molecule has 0 aromatic carbocycles. The fourth-order valence-electron chi connectivity index (χ4n) is 2.75. The number of rotatable bonds is 5. The molecule has 1 amide bonds. The van der Waals surface area contributed by atoms with Crippen LogP contribution in [0.4, 0.5) is 0 Å². The minimum atomic E-state index is -3.97. The summed E-state index contributed by atoms with van der Waals surface area (Å²) in [6.45, 7) is 2.11. The van der Waals surface area contributed by atoms with Crippen LogP contribution in [-0.4, -0.2) is 66.7 Å². The van der Waals surface area contributed by atoms with E-state index in [9.17, 15) is 27.6 Å². The second-order valence-corrected chi connectivity index (χ2v) is 8.28. The summed E-state index contributed by atoms with van der Waals surface area (Å²) in [6, 6.07) is -1.48. The molecule has 2 rings (SSSR count). The van der Waals surface area contributed by atoms with Crippen molar-refractivity contribution in [3.63, 3.8) is 0 Å². The summed E-state index contributed by atoms with van der Waals surface area (Å²) < 4.78 is 37.5. The highest BCUT2D eigenvalue weighted by Gasteiger charge is 2.70. The Hall–Kier alpha value is -2.17. The van der Waals surface area contributed by atoms with Crippen molar-refractivity contribution in [2.75, 3.05) is 13.4 Å². The number of carbonyl (C=O) groups is 4. The van der Waals surface area contributed by atoms with E-state index in [4.69, 9.17) is 9.47 Å². The number of carbonyl (C=O) groups excluding carboxylic acids is 4. The minimum Gasteiger partial charge on any atom is -0.464 e. The molecule has 0 aliphatic carbocycles. The Morgan fingerprint density at radius 1 is 1.17 bits per heavy atom. The second-order valence-electron chi connectivity index (χ2n) is 5.72. The lowest BCUT2D eigenvalue weighted by atomic mass is 9.97. The van der Waals surface area contributed by atoms with Crippen LogP contribution in [-0.2, 0) is 43.2 Å². The topological polar surface area (TPSA) is 133 Å². The van der Waals surface area contributed by atoms with E-state index in [0.717, 1.165) is 18.7 Å². The van der Waals surface area contributed by atoms with Gasteiger partial charge in [-0.25, -0.2) is 13.2 Å². The highest BCUT2D eigenvalue weighted by atomic mass is 32.2. The Balaban J connectivity index is 2.29. The van der Waals surface area contributed by atoms with Crippen LogP contribution in [0.15, 0.2) is 0 Å². The maximum absolute atomic E-state index is 12.7. The first kappa shape index (κ1) is 18.2. The summed E-state index contributed by atoms with van der Waals surface area (Å²) in [7, 11) is -3.97. The monoisotopic (exact) mass is 363 g/mol. The number of nitrogens with zero attached hydrogens (tertiary/aromatic N) is 1.